The number of benzene rings is 1. The normalized spacial score (nSPS) is 23.9. The molecule has 0 aromatic heterocycles. The third kappa shape index (κ3) is 1.82. The predicted molar refractivity (Wildman–Crippen MR) is 66.2 cm³/mol. The van der Waals surface area contributed by atoms with E-state index in [0.717, 1.165) is 37.2 Å². The van der Waals surface area contributed by atoms with Gasteiger partial charge in [-0.1, -0.05) is 13.0 Å². The van der Waals surface area contributed by atoms with Gasteiger partial charge in [0.15, 0.2) is 0 Å². The highest BCUT2D eigenvalue weighted by atomic mass is 19.1. The van der Waals surface area contributed by atoms with Gasteiger partial charge in [0.2, 0.25) is 0 Å². The summed E-state index contributed by atoms with van der Waals surface area (Å²) in [6.45, 7) is 5.18. The van der Waals surface area contributed by atoms with Crippen molar-refractivity contribution in [2.45, 2.75) is 25.7 Å². The largest absolute Gasteiger partial charge is 0.378 e. The topological polar surface area (TPSA) is 12.5 Å². The molecule has 0 spiro atoms. The summed E-state index contributed by atoms with van der Waals surface area (Å²) in [5.41, 5.74) is 2.92. The van der Waals surface area contributed by atoms with Gasteiger partial charge in [0.05, 0.1) is 18.9 Å². The first kappa shape index (κ1) is 11.0. The number of halogens is 1. The molecule has 1 heterocycles. The maximum absolute atomic E-state index is 14.4. The van der Waals surface area contributed by atoms with Crippen LogP contribution in [0.1, 0.15) is 30.4 Å². The maximum Gasteiger partial charge on any atom is 0.149 e. The second-order valence-electron chi connectivity index (χ2n) is 5.01. The molecule has 1 aliphatic carbocycles. The smallest absolute Gasteiger partial charge is 0.149 e. The molecular formula is C14H18FNO. The summed E-state index contributed by atoms with van der Waals surface area (Å²) in [5.74, 6) is 0.520. The number of hydrogen-bond acceptors (Lipinski definition) is 2. The lowest BCUT2D eigenvalue weighted by Crippen LogP contribution is -2.36. The molecule has 2 nitrogen and oxygen atoms in total. The Labute approximate surface area is 101 Å². The SMILES string of the molecule is C[C@H]1CCc2c1ccc(N1CCOCC1)c2F. The van der Waals surface area contributed by atoms with Crippen LogP contribution >= 0.6 is 0 Å². The average Bonchev–Trinajstić information content (AvgIpc) is 2.74. The monoisotopic (exact) mass is 235 g/mol. The highest BCUT2D eigenvalue weighted by molar-refractivity contribution is 5.55. The van der Waals surface area contributed by atoms with Crippen LogP contribution in [0.2, 0.25) is 0 Å². The van der Waals surface area contributed by atoms with Gasteiger partial charge in [-0.25, -0.2) is 4.39 Å². The number of fused-ring (bicyclic) bond motifs is 1. The molecule has 17 heavy (non-hydrogen) atoms. The standard InChI is InChI=1S/C14H18FNO/c1-10-2-3-12-11(10)4-5-13(14(12)15)16-6-8-17-9-7-16/h4-5,10H,2-3,6-9H2,1H3/t10-/m0/s1. The molecule has 1 atom stereocenters. The van der Waals surface area contributed by atoms with Crippen LogP contribution in [0.3, 0.4) is 0 Å². The van der Waals surface area contributed by atoms with Gasteiger partial charge >= 0.3 is 0 Å². The van der Waals surface area contributed by atoms with Gasteiger partial charge in [0.1, 0.15) is 5.82 Å². The van der Waals surface area contributed by atoms with E-state index in [9.17, 15) is 4.39 Å². The number of nitrogens with zero attached hydrogens (tertiary/aromatic N) is 1. The summed E-state index contributed by atoms with van der Waals surface area (Å²) >= 11 is 0. The van der Waals surface area contributed by atoms with Crippen molar-refractivity contribution in [3.8, 4) is 0 Å². The number of morpholine rings is 1. The van der Waals surface area contributed by atoms with Gasteiger partial charge in [-0.15, -0.1) is 0 Å². The summed E-state index contributed by atoms with van der Waals surface area (Å²) in [4.78, 5) is 2.10. The molecule has 0 radical (unpaired) electrons. The van der Waals surface area contributed by atoms with Crippen molar-refractivity contribution in [2.24, 2.45) is 0 Å². The first-order valence-corrected chi connectivity index (χ1v) is 6.41. The first-order valence-electron chi connectivity index (χ1n) is 6.41. The molecular weight excluding hydrogens is 217 g/mol. The Morgan fingerprint density at radius 2 is 2.06 bits per heavy atom. The van der Waals surface area contributed by atoms with Gasteiger partial charge < -0.3 is 9.64 Å². The highest BCUT2D eigenvalue weighted by Gasteiger charge is 2.25. The molecule has 3 heteroatoms. The van der Waals surface area contributed by atoms with E-state index in [4.69, 9.17) is 4.74 Å². The Bertz CT molecular complexity index is 426. The lowest BCUT2D eigenvalue weighted by molar-refractivity contribution is 0.122. The zero-order valence-electron chi connectivity index (χ0n) is 10.2. The molecule has 1 aromatic rings. The molecule has 0 amide bonds. The second-order valence-corrected chi connectivity index (χ2v) is 5.01. The van der Waals surface area contributed by atoms with Crippen LogP contribution in [0, 0.1) is 5.82 Å². The third-order valence-corrected chi connectivity index (χ3v) is 3.97. The Morgan fingerprint density at radius 3 is 2.82 bits per heavy atom. The average molecular weight is 235 g/mol. The van der Waals surface area contributed by atoms with Crippen molar-refractivity contribution in [1.82, 2.24) is 0 Å². The molecule has 1 aliphatic heterocycles. The molecule has 0 unspecified atom stereocenters. The van der Waals surface area contributed by atoms with Gasteiger partial charge in [-0.2, -0.15) is 0 Å². The fraction of sp³-hybridized carbons (Fsp3) is 0.571. The molecule has 1 aromatic carbocycles. The van der Waals surface area contributed by atoms with Gasteiger partial charge in [0, 0.05) is 13.1 Å². The number of anilines is 1. The van der Waals surface area contributed by atoms with Crippen molar-refractivity contribution in [3.05, 3.63) is 29.1 Å². The highest BCUT2D eigenvalue weighted by Crippen LogP contribution is 2.37. The zero-order chi connectivity index (χ0) is 11.8. The zero-order valence-corrected chi connectivity index (χ0v) is 10.2. The summed E-state index contributed by atoms with van der Waals surface area (Å²) in [5, 5.41) is 0. The van der Waals surface area contributed by atoms with Gasteiger partial charge in [-0.05, 0) is 36.0 Å². The molecule has 3 rings (SSSR count). The van der Waals surface area contributed by atoms with E-state index >= 15 is 0 Å². The number of hydrogen-bond donors (Lipinski definition) is 0. The van der Waals surface area contributed by atoms with E-state index in [1.165, 1.54) is 5.56 Å². The van der Waals surface area contributed by atoms with E-state index < -0.39 is 0 Å². The van der Waals surface area contributed by atoms with Crippen LogP contribution in [-0.2, 0) is 11.2 Å². The minimum atomic E-state index is 0.00810. The Hall–Kier alpha value is -1.09. The van der Waals surface area contributed by atoms with Gasteiger partial charge in [-0.3, -0.25) is 0 Å². The fourth-order valence-electron chi connectivity index (χ4n) is 2.90. The van der Waals surface area contributed by atoms with Crippen molar-refractivity contribution >= 4 is 5.69 Å². The minimum Gasteiger partial charge on any atom is -0.378 e. The van der Waals surface area contributed by atoms with Crippen LogP contribution < -0.4 is 4.90 Å². The molecule has 1 fully saturated rings. The van der Waals surface area contributed by atoms with Crippen molar-refractivity contribution in [2.75, 3.05) is 31.2 Å². The molecule has 0 bridgehead atoms. The quantitative estimate of drug-likeness (QED) is 0.742. The van der Waals surface area contributed by atoms with Crippen LogP contribution in [0.4, 0.5) is 10.1 Å². The van der Waals surface area contributed by atoms with Crippen LogP contribution in [0.25, 0.3) is 0 Å². The van der Waals surface area contributed by atoms with E-state index in [0.29, 0.717) is 19.1 Å². The van der Waals surface area contributed by atoms with Crippen LogP contribution in [0.5, 0.6) is 0 Å². The summed E-state index contributed by atoms with van der Waals surface area (Å²) < 4.78 is 19.8. The molecule has 92 valence electrons. The van der Waals surface area contributed by atoms with Crippen molar-refractivity contribution < 1.29 is 9.13 Å². The number of ether oxygens (including phenoxy) is 1. The summed E-state index contributed by atoms with van der Waals surface area (Å²) in [6, 6.07) is 4.06. The fourth-order valence-corrected chi connectivity index (χ4v) is 2.90. The summed E-state index contributed by atoms with van der Waals surface area (Å²) in [7, 11) is 0. The maximum atomic E-state index is 14.4. The lowest BCUT2D eigenvalue weighted by Gasteiger charge is -2.29. The van der Waals surface area contributed by atoms with Crippen LogP contribution in [-0.4, -0.2) is 26.3 Å². The molecule has 2 aliphatic rings. The first-order chi connectivity index (χ1) is 8.27. The predicted octanol–water partition coefficient (Wildman–Crippen LogP) is 2.71. The Morgan fingerprint density at radius 1 is 1.29 bits per heavy atom. The van der Waals surface area contributed by atoms with E-state index in [-0.39, 0.29) is 5.82 Å². The van der Waals surface area contributed by atoms with Crippen LogP contribution in [0.15, 0.2) is 12.1 Å². The Kier molecular flexibility index (Phi) is 2.79. The van der Waals surface area contributed by atoms with E-state index in [1.807, 2.05) is 6.07 Å². The summed E-state index contributed by atoms with van der Waals surface area (Å²) in [6.07, 6.45) is 1.97. The number of rotatable bonds is 1. The molecule has 0 N–H and O–H groups in total. The van der Waals surface area contributed by atoms with E-state index in [1.54, 1.807) is 0 Å². The Balaban J connectivity index is 1.96. The lowest BCUT2D eigenvalue weighted by atomic mass is 10.0. The molecule has 1 saturated heterocycles. The molecule has 0 saturated carbocycles. The second kappa shape index (κ2) is 4.30. The van der Waals surface area contributed by atoms with Crippen molar-refractivity contribution in [1.29, 1.82) is 0 Å². The third-order valence-electron chi connectivity index (χ3n) is 3.97. The minimum absolute atomic E-state index is 0.00810. The van der Waals surface area contributed by atoms with Gasteiger partial charge in [0.25, 0.3) is 0 Å². The van der Waals surface area contributed by atoms with E-state index in [2.05, 4.69) is 17.9 Å². The van der Waals surface area contributed by atoms with Crippen molar-refractivity contribution in [3.63, 3.8) is 0 Å².